The van der Waals surface area contributed by atoms with Crippen LogP contribution in [0.3, 0.4) is 0 Å². The van der Waals surface area contributed by atoms with Crippen molar-refractivity contribution >= 4 is 34.5 Å². The van der Waals surface area contributed by atoms with E-state index in [1.165, 1.54) is 18.9 Å². The number of nitrogens with zero attached hydrogens (tertiary/aromatic N) is 2. The number of hydrogen-bond donors (Lipinski definition) is 1. The second-order valence-electron chi connectivity index (χ2n) is 6.97. The van der Waals surface area contributed by atoms with Gasteiger partial charge in [0.05, 0.1) is 28.8 Å². The third kappa shape index (κ3) is 4.55. The lowest BCUT2D eigenvalue weighted by atomic mass is 10.1. The molecule has 8 heteroatoms. The Morgan fingerprint density at radius 1 is 1.39 bits per heavy atom. The van der Waals surface area contributed by atoms with Crippen LogP contribution in [0.2, 0.25) is 0 Å². The van der Waals surface area contributed by atoms with Gasteiger partial charge in [0.25, 0.3) is 5.56 Å². The lowest BCUT2D eigenvalue weighted by molar-refractivity contribution is -0.120. The standard InChI is InChI=1S/C20H25N3O4S/c1-4-5-10-23-18(25)15-9-6-13(19(26)27-3)11-16(15)22-20(23)28-12(2)17(24)21-14-7-8-14/h6,9,11-12,14H,4-5,7-8,10H2,1-3H3,(H,21,24)/t12-/m1/s1. The number of fused-ring (bicyclic) bond motifs is 1. The number of carbonyl (C=O) groups excluding carboxylic acids is 2. The molecule has 1 N–H and O–H groups in total. The van der Waals surface area contributed by atoms with Gasteiger partial charge in [0.2, 0.25) is 5.91 Å². The van der Waals surface area contributed by atoms with Gasteiger partial charge in [-0.25, -0.2) is 9.78 Å². The highest BCUT2D eigenvalue weighted by molar-refractivity contribution is 8.00. The molecule has 1 aromatic carbocycles. The zero-order valence-corrected chi connectivity index (χ0v) is 17.2. The Hall–Kier alpha value is -2.35. The van der Waals surface area contributed by atoms with Crippen LogP contribution in [-0.2, 0) is 16.1 Å². The number of ether oxygens (including phenoxy) is 1. The number of methoxy groups -OCH3 is 1. The molecule has 0 radical (unpaired) electrons. The molecule has 0 spiro atoms. The number of rotatable bonds is 8. The molecular weight excluding hydrogens is 378 g/mol. The van der Waals surface area contributed by atoms with Crippen molar-refractivity contribution in [3.63, 3.8) is 0 Å². The summed E-state index contributed by atoms with van der Waals surface area (Å²) in [5.41, 5.74) is 0.605. The normalized spacial score (nSPS) is 14.7. The molecule has 1 heterocycles. The molecule has 1 amide bonds. The number of nitrogens with one attached hydrogen (secondary N) is 1. The van der Waals surface area contributed by atoms with Crippen molar-refractivity contribution in [2.45, 2.75) is 62.5 Å². The average Bonchev–Trinajstić information content (AvgIpc) is 3.50. The van der Waals surface area contributed by atoms with E-state index < -0.39 is 5.97 Å². The second-order valence-corrected chi connectivity index (χ2v) is 8.28. The number of esters is 1. The van der Waals surface area contributed by atoms with Crippen molar-refractivity contribution in [1.29, 1.82) is 0 Å². The van der Waals surface area contributed by atoms with Gasteiger partial charge in [0.1, 0.15) is 0 Å². The summed E-state index contributed by atoms with van der Waals surface area (Å²) in [4.78, 5) is 41.8. The van der Waals surface area contributed by atoms with Crippen LogP contribution in [0.5, 0.6) is 0 Å². The lowest BCUT2D eigenvalue weighted by Crippen LogP contribution is -2.33. The molecule has 1 saturated carbocycles. The first-order valence-corrected chi connectivity index (χ1v) is 10.4. The molecule has 1 aliphatic carbocycles. The van der Waals surface area contributed by atoms with Gasteiger partial charge in [-0.15, -0.1) is 0 Å². The molecule has 1 atom stereocenters. The van der Waals surface area contributed by atoms with E-state index in [1.807, 2.05) is 6.92 Å². The Labute approximate surface area is 167 Å². The number of amides is 1. The molecular formula is C20H25N3O4S. The van der Waals surface area contributed by atoms with E-state index >= 15 is 0 Å². The maximum atomic E-state index is 13.0. The van der Waals surface area contributed by atoms with Gasteiger partial charge in [-0.05, 0) is 44.4 Å². The van der Waals surface area contributed by atoms with Gasteiger partial charge in [0, 0.05) is 12.6 Å². The number of benzene rings is 1. The minimum atomic E-state index is -0.481. The van der Waals surface area contributed by atoms with E-state index in [4.69, 9.17) is 4.74 Å². The van der Waals surface area contributed by atoms with E-state index in [0.29, 0.717) is 28.2 Å². The molecule has 28 heavy (non-hydrogen) atoms. The fourth-order valence-corrected chi connectivity index (χ4v) is 3.75. The third-order valence-corrected chi connectivity index (χ3v) is 5.74. The fraction of sp³-hybridized carbons (Fsp3) is 0.500. The van der Waals surface area contributed by atoms with E-state index in [0.717, 1.165) is 25.7 Å². The zero-order valence-electron chi connectivity index (χ0n) is 16.4. The van der Waals surface area contributed by atoms with Gasteiger partial charge >= 0.3 is 5.97 Å². The molecule has 0 saturated heterocycles. The van der Waals surface area contributed by atoms with Crippen molar-refractivity contribution in [2.75, 3.05) is 7.11 Å². The molecule has 150 valence electrons. The van der Waals surface area contributed by atoms with Crippen LogP contribution >= 0.6 is 11.8 Å². The Balaban J connectivity index is 1.99. The fourth-order valence-electron chi connectivity index (χ4n) is 2.81. The molecule has 0 aliphatic heterocycles. The molecule has 1 aliphatic rings. The third-order valence-electron chi connectivity index (χ3n) is 4.65. The van der Waals surface area contributed by atoms with Crippen LogP contribution in [0.4, 0.5) is 0 Å². The second kappa shape index (κ2) is 8.77. The van der Waals surface area contributed by atoms with Crippen molar-refractivity contribution in [3.8, 4) is 0 Å². The molecule has 0 unspecified atom stereocenters. The molecule has 0 bridgehead atoms. The van der Waals surface area contributed by atoms with Crippen LogP contribution in [-0.4, -0.2) is 39.8 Å². The average molecular weight is 404 g/mol. The van der Waals surface area contributed by atoms with E-state index in [2.05, 4.69) is 17.2 Å². The van der Waals surface area contributed by atoms with E-state index in [9.17, 15) is 14.4 Å². The smallest absolute Gasteiger partial charge is 0.337 e. The first-order chi connectivity index (χ1) is 13.4. The number of unbranched alkanes of at least 4 members (excludes halogenated alkanes) is 1. The van der Waals surface area contributed by atoms with Crippen molar-refractivity contribution in [2.24, 2.45) is 0 Å². The van der Waals surface area contributed by atoms with Crippen LogP contribution < -0.4 is 10.9 Å². The minimum Gasteiger partial charge on any atom is -0.465 e. The van der Waals surface area contributed by atoms with E-state index in [-0.39, 0.29) is 22.8 Å². The van der Waals surface area contributed by atoms with Crippen LogP contribution in [0.25, 0.3) is 10.9 Å². The highest BCUT2D eigenvalue weighted by Crippen LogP contribution is 2.25. The summed E-state index contributed by atoms with van der Waals surface area (Å²) in [6, 6.07) is 5.02. The van der Waals surface area contributed by atoms with Gasteiger partial charge < -0.3 is 10.1 Å². The Bertz CT molecular complexity index is 952. The van der Waals surface area contributed by atoms with Gasteiger partial charge in [-0.3, -0.25) is 14.2 Å². The number of carbonyl (C=O) groups is 2. The predicted octanol–water partition coefficient (Wildman–Crippen LogP) is 2.74. The summed E-state index contributed by atoms with van der Waals surface area (Å²) >= 11 is 1.27. The quantitative estimate of drug-likeness (QED) is 0.414. The highest BCUT2D eigenvalue weighted by atomic mass is 32.2. The predicted molar refractivity (Wildman–Crippen MR) is 109 cm³/mol. The Morgan fingerprint density at radius 2 is 2.14 bits per heavy atom. The number of aromatic nitrogens is 2. The van der Waals surface area contributed by atoms with Crippen molar-refractivity contribution in [1.82, 2.24) is 14.9 Å². The van der Waals surface area contributed by atoms with Crippen molar-refractivity contribution < 1.29 is 14.3 Å². The molecule has 2 aromatic rings. The monoisotopic (exact) mass is 403 g/mol. The summed E-state index contributed by atoms with van der Waals surface area (Å²) in [5.74, 6) is -0.530. The first-order valence-electron chi connectivity index (χ1n) is 9.54. The SMILES string of the molecule is CCCCn1c(S[C@H](C)C(=O)NC2CC2)nc2cc(C(=O)OC)ccc2c1=O. The maximum absolute atomic E-state index is 13.0. The molecule has 3 rings (SSSR count). The maximum Gasteiger partial charge on any atom is 0.337 e. The van der Waals surface area contributed by atoms with Crippen molar-refractivity contribution in [3.05, 3.63) is 34.1 Å². The molecule has 1 aromatic heterocycles. The van der Waals surface area contributed by atoms with E-state index in [1.54, 1.807) is 22.8 Å². The molecule has 1 fully saturated rings. The highest BCUT2D eigenvalue weighted by Gasteiger charge is 2.27. The summed E-state index contributed by atoms with van der Waals surface area (Å²) in [6.07, 6.45) is 3.82. The summed E-state index contributed by atoms with van der Waals surface area (Å²) in [6.45, 7) is 4.41. The van der Waals surface area contributed by atoms with Crippen LogP contribution in [0, 0.1) is 0 Å². The zero-order chi connectivity index (χ0) is 20.3. The Morgan fingerprint density at radius 3 is 2.79 bits per heavy atom. The van der Waals surface area contributed by atoms with Crippen LogP contribution in [0.1, 0.15) is 49.9 Å². The van der Waals surface area contributed by atoms with Gasteiger partial charge in [0.15, 0.2) is 5.16 Å². The van der Waals surface area contributed by atoms with Gasteiger partial charge in [-0.1, -0.05) is 25.1 Å². The topological polar surface area (TPSA) is 90.3 Å². The largest absolute Gasteiger partial charge is 0.465 e. The lowest BCUT2D eigenvalue weighted by Gasteiger charge is -2.16. The minimum absolute atomic E-state index is 0.0489. The number of thioether (sulfide) groups is 1. The summed E-state index contributed by atoms with van der Waals surface area (Å²) in [5, 5.41) is 3.55. The van der Waals surface area contributed by atoms with Gasteiger partial charge in [-0.2, -0.15) is 0 Å². The van der Waals surface area contributed by atoms with Crippen LogP contribution in [0.15, 0.2) is 28.2 Å². The summed E-state index contributed by atoms with van der Waals surface area (Å²) in [7, 11) is 1.31. The first kappa shape index (κ1) is 20.4. The summed E-state index contributed by atoms with van der Waals surface area (Å²) < 4.78 is 6.39. The number of hydrogen-bond acceptors (Lipinski definition) is 6. The Kier molecular flexibility index (Phi) is 6.39. The molecule has 7 nitrogen and oxygen atoms in total.